The second-order valence-corrected chi connectivity index (χ2v) is 6.00. The quantitative estimate of drug-likeness (QED) is 0.502. The topological polar surface area (TPSA) is 95.5 Å². The zero-order chi connectivity index (χ0) is 15.6. The zero-order valence-electron chi connectivity index (χ0n) is 10.8. The van der Waals surface area contributed by atoms with E-state index >= 15 is 0 Å². The third-order valence-electron chi connectivity index (χ3n) is 2.74. The molecule has 0 heterocycles. The van der Waals surface area contributed by atoms with E-state index in [-0.39, 0.29) is 13.0 Å². The van der Waals surface area contributed by atoms with E-state index < -0.39 is 15.5 Å². The Balaban J connectivity index is 0.00000110. The van der Waals surface area contributed by atoms with Crippen molar-refractivity contribution in [2.24, 2.45) is 0 Å². The summed E-state index contributed by atoms with van der Waals surface area (Å²) < 4.78 is 58.5. The van der Waals surface area contributed by atoms with Crippen molar-refractivity contribution >= 4 is 16.5 Å². The molecule has 1 rings (SSSR count). The van der Waals surface area contributed by atoms with Gasteiger partial charge in [0.05, 0.1) is 0 Å². The lowest BCUT2D eigenvalue weighted by Gasteiger charge is -2.12. The number of alkyl halides is 3. The Bertz CT molecular complexity index is 367. The van der Waals surface area contributed by atoms with Gasteiger partial charge in [-0.1, -0.05) is 12.8 Å². The van der Waals surface area contributed by atoms with Gasteiger partial charge in [0.25, 0.3) is 6.47 Å². The van der Waals surface area contributed by atoms with Crippen LogP contribution < -0.4 is 10.0 Å². The molecule has 0 aromatic heterocycles. The van der Waals surface area contributed by atoms with Gasteiger partial charge in [0.1, 0.15) is 0 Å². The van der Waals surface area contributed by atoms with Crippen LogP contribution in [0.25, 0.3) is 0 Å². The maximum Gasteiger partial charge on any atom is 0.511 e. The molecule has 0 saturated heterocycles. The Morgan fingerprint density at radius 1 is 1.20 bits per heavy atom. The Hall–Kier alpha value is -0.870. The number of hydrogen-bond acceptors (Lipinski definition) is 4. The van der Waals surface area contributed by atoms with Crippen molar-refractivity contribution < 1.29 is 31.5 Å². The molecule has 0 unspecified atom stereocenters. The average molecular weight is 320 g/mol. The van der Waals surface area contributed by atoms with Crippen molar-refractivity contribution in [1.29, 1.82) is 0 Å². The molecule has 0 spiro atoms. The van der Waals surface area contributed by atoms with Crippen LogP contribution in [0, 0.1) is 0 Å². The summed E-state index contributed by atoms with van der Waals surface area (Å²) in [5, 5.41) is 10.1. The fourth-order valence-corrected chi connectivity index (χ4v) is 2.39. The van der Waals surface area contributed by atoms with E-state index in [1.807, 2.05) is 0 Å². The summed E-state index contributed by atoms with van der Waals surface area (Å²) in [6.07, 6.45) is 4.89. The summed E-state index contributed by atoms with van der Waals surface area (Å²) in [6, 6.07) is 0.439. The van der Waals surface area contributed by atoms with Crippen LogP contribution >= 0.6 is 0 Å². The molecule has 0 atom stereocenters. The molecule has 0 radical (unpaired) electrons. The van der Waals surface area contributed by atoms with Gasteiger partial charge >= 0.3 is 15.5 Å². The first kappa shape index (κ1) is 19.1. The molecular weight excluding hydrogens is 301 g/mol. The second-order valence-electron chi connectivity index (χ2n) is 4.24. The molecule has 0 bridgehead atoms. The van der Waals surface area contributed by atoms with E-state index in [4.69, 9.17) is 9.90 Å². The van der Waals surface area contributed by atoms with Gasteiger partial charge < -0.3 is 10.4 Å². The predicted octanol–water partition coefficient (Wildman–Crippen LogP) is 1.05. The number of rotatable bonds is 6. The van der Waals surface area contributed by atoms with Gasteiger partial charge in [0.15, 0.2) is 0 Å². The first-order valence-corrected chi connectivity index (χ1v) is 7.60. The minimum absolute atomic E-state index is 0.193. The molecule has 1 fully saturated rings. The van der Waals surface area contributed by atoms with Crippen molar-refractivity contribution in [3.63, 3.8) is 0 Å². The summed E-state index contributed by atoms with van der Waals surface area (Å²) in [4.78, 5) is 8.36. The first-order valence-electron chi connectivity index (χ1n) is 6.11. The van der Waals surface area contributed by atoms with Crippen LogP contribution in [0.4, 0.5) is 13.2 Å². The predicted molar refractivity (Wildman–Crippen MR) is 66.5 cm³/mol. The lowest BCUT2D eigenvalue weighted by Crippen LogP contribution is -2.38. The Kier molecular flexibility index (Phi) is 8.74. The minimum atomic E-state index is -5.22. The van der Waals surface area contributed by atoms with Gasteiger partial charge in [-0.05, 0) is 25.8 Å². The molecule has 120 valence electrons. The third-order valence-corrected chi connectivity index (χ3v) is 3.93. The van der Waals surface area contributed by atoms with E-state index in [9.17, 15) is 21.6 Å². The van der Waals surface area contributed by atoms with Crippen molar-refractivity contribution in [2.75, 3.05) is 13.1 Å². The fourth-order valence-electron chi connectivity index (χ4n) is 1.81. The van der Waals surface area contributed by atoms with Crippen molar-refractivity contribution in [3.05, 3.63) is 0 Å². The third kappa shape index (κ3) is 7.65. The standard InChI is InChI=1S/C9H17F3N2O2S.CH2O2/c10-9(11,12)17(15,16)14-7-3-6-13-8-4-1-2-5-8;2-1-3/h8,13-14H,1-7H2;1H,(H,2,3). The normalized spacial score (nSPS) is 16.6. The van der Waals surface area contributed by atoms with Gasteiger partial charge in [-0.15, -0.1) is 0 Å². The SMILES string of the molecule is O=CO.O=S(=O)(NCCCNC1CCCC1)C(F)(F)F. The van der Waals surface area contributed by atoms with Crippen LogP contribution in [-0.4, -0.2) is 44.6 Å². The van der Waals surface area contributed by atoms with Gasteiger partial charge in [-0.25, -0.2) is 13.1 Å². The summed E-state index contributed by atoms with van der Waals surface area (Å²) in [5.74, 6) is 0. The van der Waals surface area contributed by atoms with Crippen molar-refractivity contribution in [1.82, 2.24) is 10.0 Å². The molecule has 20 heavy (non-hydrogen) atoms. The van der Waals surface area contributed by atoms with Gasteiger partial charge in [-0.3, -0.25) is 4.79 Å². The number of halogens is 3. The highest BCUT2D eigenvalue weighted by molar-refractivity contribution is 7.90. The fraction of sp³-hybridized carbons (Fsp3) is 0.900. The van der Waals surface area contributed by atoms with Crippen LogP contribution in [0.1, 0.15) is 32.1 Å². The highest BCUT2D eigenvalue weighted by Crippen LogP contribution is 2.21. The smallest absolute Gasteiger partial charge is 0.483 e. The summed E-state index contributed by atoms with van der Waals surface area (Å²) in [6.45, 7) is 0.0899. The molecule has 1 aliphatic carbocycles. The minimum Gasteiger partial charge on any atom is -0.483 e. The molecule has 1 aliphatic rings. The number of sulfonamides is 1. The molecule has 6 nitrogen and oxygen atoms in total. The first-order chi connectivity index (χ1) is 9.24. The molecule has 3 N–H and O–H groups in total. The van der Waals surface area contributed by atoms with Gasteiger partial charge in [-0.2, -0.15) is 13.2 Å². The highest BCUT2D eigenvalue weighted by Gasteiger charge is 2.45. The number of carbonyl (C=O) groups is 1. The van der Waals surface area contributed by atoms with Crippen LogP contribution in [0.2, 0.25) is 0 Å². The molecular formula is C10H19F3N2O4S. The van der Waals surface area contributed by atoms with Crippen molar-refractivity contribution in [3.8, 4) is 0 Å². The number of nitrogens with one attached hydrogen (secondary N) is 2. The zero-order valence-corrected chi connectivity index (χ0v) is 11.6. The Morgan fingerprint density at radius 3 is 2.15 bits per heavy atom. The van der Waals surface area contributed by atoms with Crippen LogP contribution in [0.3, 0.4) is 0 Å². The molecule has 0 amide bonds. The van der Waals surface area contributed by atoms with E-state index in [2.05, 4.69) is 5.32 Å². The van der Waals surface area contributed by atoms with E-state index in [1.165, 1.54) is 17.6 Å². The summed E-state index contributed by atoms with van der Waals surface area (Å²) in [7, 11) is -5.18. The Labute approximate surface area is 115 Å². The maximum atomic E-state index is 11.9. The Morgan fingerprint density at radius 2 is 1.70 bits per heavy atom. The van der Waals surface area contributed by atoms with Gasteiger partial charge in [0, 0.05) is 12.6 Å². The molecule has 0 aliphatic heterocycles. The van der Waals surface area contributed by atoms with Crippen LogP contribution in [0.15, 0.2) is 0 Å². The monoisotopic (exact) mass is 320 g/mol. The van der Waals surface area contributed by atoms with Gasteiger partial charge in [0.2, 0.25) is 0 Å². The van der Waals surface area contributed by atoms with E-state index in [1.54, 1.807) is 0 Å². The summed E-state index contributed by atoms with van der Waals surface area (Å²) >= 11 is 0. The molecule has 10 heteroatoms. The number of hydrogen-bond donors (Lipinski definition) is 3. The van der Waals surface area contributed by atoms with Crippen LogP contribution in [0.5, 0.6) is 0 Å². The molecule has 1 saturated carbocycles. The highest BCUT2D eigenvalue weighted by atomic mass is 32.2. The lowest BCUT2D eigenvalue weighted by molar-refractivity contribution is -0.122. The average Bonchev–Trinajstić information content (AvgIpc) is 2.81. The summed E-state index contributed by atoms with van der Waals surface area (Å²) in [5.41, 5.74) is -5.22. The van der Waals surface area contributed by atoms with Crippen LogP contribution in [-0.2, 0) is 14.8 Å². The lowest BCUT2D eigenvalue weighted by atomic mass is 10.2. The van der Waals surface area contributed by atoms with E-state index in [0.29, 0.717) is 19.0 Å². The maximum absolute atomic E-state index is 11.9. The number of carboxylic acid groups (broad SMARTS) is 1. The van der Waals surface area contributed by atoms with E-state index in [0.717, 1.165) is 12.8 Å². The largest absolute Gasteiger partial charge is 0.511 e. The molecule has 0 aromatic carbocycles. The van der Waals surface area contributed by atoms with Crippen molar-refractivity contribution in [2.45, 2.75) is 43.7 Å². The second kappa shape index (κ2) is 9.14. The molecule has 0 aromatic rings.